The second kappa shape index (κ2) is 5.96. The number of aliphatic hydroxyl groups is 1. The normalized spacial score (nSPS) is 17.8. The van der Waals surface area contributed by atoms with E-state index in [1.807, 2.05) is 6.07 Å². The quantitative estimate of drug-likeness (QED) is 0.784. The van der Waals surface area contributed by atoms with Crippen molar-refractivity contribution in [2.24, 2.45) is 5.41 Å². The van der Waals surface area contributed by atoms with Gasteiger partial charge in [-0.2, -0.15) is 0 Å². The lowest BCUT2D eigenvalue weighted by molar-refractivity contribution is -0.134. The maximum atomic E-state index is 9.26. The Labute approximate surface area is 110 Å². The fourth-order valence-corrected chi connectivity index (χ4v) is 2.37. The van der Waals surface area contributed by atoms with Crippen molar-refractivity contribution in [1.82, 2.24) is 5.32 Å². The van der Waals surface area contributed by atoms with E-state index < -0.39 is 0 Å². The third kappa shape index (κ3) is 3.52. The average molecular weight is 300 g/mol. The molecule has 1 saturated heterocycles. The van der Waals surface area contributed by atoms with Crippen molar-refractivity contribution in [3.63, 3.8) is 0 Å². The molecule has 0 aromatic heterocycles. The van der Waals surface area contributed by atoms with Gasteiger partial charge in [0.15, 0.2) is 0 Å². The molecule has 0 radical (unpaired) electrons. The summed E-state index contributed by atoms with van der Waals surface area (Å²) in [6, 6.07) is 8.34. The van der Waals surface area contributed by atoms with E-state index in [0.29, 0.717) is 13.2 Å². The van der Waals surface area contributed by atoms with Gasteiger partial charge in [-0.05, 0) is 30.7 Å². The summed E-state index contributed by atoms with van der Waals surface area (Å²) in [6.45, 7) is 3.31. The van der Waals surface area contributed by atoms with Gasteiger partial charge in [0.25, 0.3) is 0 Å². The molecular weight excluding hydrogens is 282 g/mol. The largest absolute Gasteiger partial charge is 0.396 e. The zero-order valence-electron chi connectivity index (χ0n) is 9.79. The summed E-state index contributed by atoms with van der Waals surface area (Å²) in [5.41, 5.74) is 1.28. The van der Waals surface area contributed by atoms with E-state index >= 15 is 0 Å². The van der Waals surface area contributed by atoms with Crippen molar-refractivity contribution in [2.75, 3.05) is 32.9 Å². The first-order valence-electron chi connectivity index (χ1n) is 5.88. The Bertz CT molecular complexity index is 361. The van der Waals surface area contributed by atoms with Gasteiger partial charge in [-0.3, -0.25) is 0 Å². The molecule has 0 unspecified atom stereocenters. The van der Waals surface area contributed by atoms with E-state index in [-0.39, 0.29) is 12.0 Å². The number of halogens is 1. The molecule has 1 aliphatic rings. The van der Waals surface area contributed by atoms with Crippen molar-refractivity contribution >= 4 is 15.9 Å². The molecule has 1 fully saturated rings. The third-order valence-corrected chi connectivity index (χ3v) is 3.62. The van der Waals surface area contributed by atoms with Crippen LogP contribution in [0.4, 0.5) is 0 Å². The third-order valence-electron chi connectivity index (χ3n) is 3.13. The van der Waals surface area contributed by atoms with Crippen molar-refractivity contribution in [3.05, 3.63) is 34.3 Å². The van der Waals surface area contributed by atoms with E-state index in [2.05, 4.69) is 39.4 Å². The molecule has 2 rings (SSSR count). The molecule has 1 aliphatic heterocycles. The smallest absolute Gasteiger partial charge is 0.0579 e. The van der Waals surface area contributed by atoms with E-state index in [0.717, 1.165) is 24.0 Å². The van der Waals surface area contributed by atoms with Crippen LogP contribution in [-0.2, 0) is 11.2 Å². The number of ether oxygens (including phenoxy) is 1. The molecule has 1 aromatic rings. The highest BCUT2D eigenvalue weighted by Gasteiger charge is 2.37. The monoisotopic (exact) mass is 299 g/mol. The highest BCUT2D eigenvalue weighted by atomic mass is 79.9. The van der Waals surface area contributed by atoms with Gasteiger partial charge in [-0.1, -0.05) is 28.1 Å². The van der Waals surface area contributed by atoms with Gasteiger partial charge in [0, 0.05) is 11.0 Å². The molecule has 0 bridgehead atoms. The number of hydrogen-bond donors (Lipinski definition) is 2. The Morgan fingerprint density at radius 3 is 2.82 bits per heavy atom. The summed E-state index contributed by atoms with van der Waals surface area (Å²) in [5.74, 6) is 0. The predicted molar refractivity (Wildman–Crippen MR) is 71.1 cm³/mol. The van der Waals surface area contributed by atoms with Crippen LogP contribution >= 0.6 is 15.9 Å². The molecule has 4 heteroatoms. The number of rotatable bonds is 6. The minimum atomic E-state index is -0.0305. The zero-order chi connectivity index (χ0) is 12.1. The Balaban J connectivity index is 1.69. The molecule has 1 heterocycles. The molecule has 94 valence electrons. The van der Waals surface area contributed by atoms with Gasteiger partial charge in [0.05, 0.1) is 25.2 Å². The van der Waals surface area contributed by atoms with Crippen molar-refractivity contribution < 1.29 is 9.84 Å². The minimum absolute atomic E-state index is 0.0305. The van der Waals surface area contributed by atoms with Crippen LogP contribution in [0.1, 0.15) is 5.56 Å². The standard InChI is InChI=1S/C13H18BrNO2/c14-12-3-1-2-11(6-12)4-5-15-7-13(8-16)9-17-10-13/h1-3,6,15-16H,4-5,7-10H2. The van der Waals surface area contributed by atoms with Crippen LogP contribution in [-0.4, -0.2) is 38.0 Å². The first kappa shape index (κ1) is 13.0. The Kier molecular flexibility index (Phi) is 4.56. The summed E-state index contributed by atoms with van der Waals surface area (Å²) in [7, 11) is 0. The molecule has 17 heavy (non-hydrogen) atoms. The second-order valence-corrected chi connectivity index (χ2v) is 5.62. The summed E-state index contributed by atoms with van der Waals surface area (Å²) < 4.78 is 6.27. The molecule has 0 atom stereocenters. The van der Waals surface area contributed by atoms with Gasteiger partial charge >= 0.3 is 0 Å². The van der Waals surface area contributed by atoms with Crippen LogP contribution in [0, 0.1) is 5.41 Å². The molecule has 0 spiro atoms. The van der Waals surface area contributed by atoms with Crippen LogP contribution in [0.25, 0.3) is 0 Å². The van der Waals surface area contributed by atoms with E-state index in [1.54, 1.807) is 0 Å². The van der Waals surface area contributed by atoms with E-state index in [1.165, 1.54) is 5.56 Å². The Morgan fingerprint density at radius 2 is 2.24 bits per heavy atom. The summed E-state index contributed by atoms with van der Waals surface area (Å²) >= 11 is 3.46. The van der Waals surface area contributed by atoms with Gasteiger partial charge in [0.1, 0.15) is 0 Å². The SMILES string of the molecule is OCC1(CNCCc2cccc(Br)c2)COC1. The molecule has 0 amide bonds. The highest BCUT2D eigenvalue weighted by Crippen LogP contribution is 2.25. The molecule has 1 aromatic carbocycles. The summed E-state index contributed by atoms with van der Waals surface area (Å²) in [4.78, 5) is 0. The van der Waals surface area contributed by atoms with Crippen molar-refractivity contribution in [2.45, 2.75) is 6.42 Å². The number of nitrogens with one attached hydrogen (secondary N) is 1. The lowest BCUT2D eigenvalue weighted by Gasteiger charge is -2.40. The highest BCUT2D eigenvalue weighted by molar-refractivity contribution is 9.10. The number of aliphatic hydroxyl groups excluding tert-OH is 1. The topological polar surface area (TPSA) is 41.5 Å². The van der Waals surface area contributed by atoms with Crippen LogP contribution < -0.4 is 5.32 Å². The first-order valence-corrected chi connectivity index (χ1v) is 6.67. The van der Waals surface area contributed by atoms with Crippen LogP contribution in [0.3, 0.4) is 0 Å². The number of benzene rings is 1. The fraction of sp³-hybridized carbons (Fsp3) is 0.538. The minimum Gasteiger partial charge on any atom is -0.396 e. The van der Waals surface area contributed by atoms with Gasteiger partial charge in [-0.15, -0.1) is 0 Å². The summed E-state index contributed by atoms with van der Waals surface area (Å²) in [6.07, 6.45) is 1.00. The van der Waals surface area contributed by atoms with Gasteiger partial charge in [0.2, 0.25) is 0 Å². The molecule has 3 nitrogen and oxygen atoms in total. The Hall–Kier alpha value is -0.420. The fourth-order valence-electron chi connectivity index (χ4n) is 1.92. The summed E-state index contributed by atoms with van der Waals surface area (Å²) in [5, 5.41) is 12.7. The van der Waals surface area contributed by atoms with Crippen LogP contribution in [0.2, 0.25) is 0 Å². The van der Waals surface area contributed by atoms with Gasteiger partial charge < -0.3 is 15.2 Å². The second-order valence-electron chi connectivity index (χ2n) is 4.71. The molecule has 0 saturated carbocycles. The Morgan fingerprint density at radius 1 is 1.41 bits per heavy atom. The first-order chi connectivity index (χ1) is 8.24. The predicted octanol–water partition coefficient (Wildman–Crippen LogP) is 1.59. The maximum Gasteiger partial charge on any atom is 0.0579 e. The molecule has 0 aliphatic carbocycles. The molecular formula is C13H18BrNO2. The van der Waals surface area contributed by atoms with E-state index in [9.17, 15) is 5.11 Å². The van der Waals surface area contributed by atoms with Gasteiger partial charge in [-0.25, -0.2) is 0 Å². The maximum absolute atomic E-state index is 9.26. The van der Waals surface area contributed by atoms with Crippen molar-refractivity contribution in [3.8, 4) is 0 Å². The number of hydrogen-bond acceptors (Lipinski definition) is 3. The lowest BCUT2D eigenvalue weighted by Crippen LogP contribution is -2.52. The average Bonchev–Trinajstić information content (AvgIpc) is 2.27. The molecule has 2 N–H and O–H groups in total. The lowest BCUT2D eigenvalue weighted by atomic mass is 9.87. The zero-order valence-corrected chi connectivity index (χ0v) is 11.4. The van der Waals surface area contributed by atoms with Crippen LogP contribution in [0.15, 0.2) is 28.7 Å². The van der Waals surface area contributed by atoms with E-state index in [4.69, 9.17) is 4.74 Å². The van der Waals surface area contributed by atoms with Crippen molar-refractivity contribution in [1.29, 1.82) is 0 Å². The van der Waals surface area contributed by atoms with Crippen LogP contribution in [0.5, 0.6) is 0 Å².